The lowest BCUT2D eigenvalue weighted by molar-refractivity contribution is -0.137. The Hall–Kier alpha value is -2.54. The van der Waals surface area contributed by atoms with Crippen LogP contribution in [0.4, 0.5) is 13.2 Å². The van der Waals surface area contributed by atoms with E-state index < -0.39 is 17.6 Å². The Labute approximate surface area is 140 Å². The van der Waals surface area contributed by atoms with Crippen molar-refractivity contribution in [3.8, 4) is 5.75 Å². The first kappa shape index (κ1) is 17.8. The van der Waals surface area contributed by atoms with E-state index in [-0.39, 0.29) is 16.9 Å². The van der Waals surface area contributed by atoms with Gasteiger partial charge in [-0.2, -0.15) is 18.3 Å². The molecule has 2 aromatic rings. The van der Waals surface area contributed by atoms with Crippen molar-refractivity contribution >= 4 is 23.7 Å². The first-order valence-corrected chi connectivity index (χ1v) is 7.04. The van der Waals surface area contributed by atoms with Crippen molar-refractivity contribution in [3.05, 3.63) is 64.2 Å². The molecule has 0 fully saturated rings. The number of methoxy groups -OCH3 is 1. The number of benzene rings is 2. The molecule has 126 valence electrons. The van der Waals surface area contributed by atoms with Gasteiger partial charge in [-0.25, -0.2) is 5.43 Å². The quantitative estimate of drug-likeness (QED) is 0.661. The molecular formula is C16H12ClF3N2O2. The van der Waals surface area contributed by atoms with Gasteiger partial charge < -0.3 is 4.74 Å². The van der Waals surface area contributed by atoms with Gasteiger partial charge in [-0.15, -0.1) is 0 Å². The molecule has 0 spiro atoms. The zero-order valence-corrected chi connectivity index (χ0v) is 13.2. The van der Waals surface area contributed by atoms with Gasteiger partial charge in [0.25, 0.3) is 5.91 Å². The molecule has 0 aliphatic carbocycles. The third-order valence-corrected chi connectivity index (χ3v) is 3.28. The fourth-order valence-corrected chi connectivity index (χ4v) is 2.12. The molecule has 0 atom stereocenters. The summed E-state index contributed by atoms with van der Waals surface area (Å²) in [5.74, 6) is -0.391. The minimum atomic E-state index is -4.51. The molecule has 0 bridgehead atoms. The van der Waals surface area contributed by atoms with Crippen LogP contribution in [0.25, 0.3) is 0 Å². The molecule has 4 nitrogen and oxygen atoms in total. The van der Waals surface area contributed by atoms with E-state index in [0.717, 1.165) is 12.3 Å². The summed E-state index contributed by atoms with van der Waals surface area (Å²) in [5.41, 5.74) is 1.26. The van der Waals surface area contributed by atoms with E-state index in [4.69, 9.17) is 16.3 Å². The molecule has 8 heteroatoms. The normalized spacial score (nSPS) is 11.5. The summed E-state index contributed by atoms with van der Waals surface area (Å²) in [5, 5.41) is 3.89. The van der Waals surface area contributed by atoms with E-state index in [0.29, 0.717) is 5.02 Å². The Balaban J connectivity index is 2.19. The lowest BCUT2D eigenvalue weighted by atomic mass is 10.1. The molecule has 0 aromatic heterocycles. The average molecular weight is 357 g/mol. The second-order valence-electron chi connectivity index (χ2n) is 4.63. The van der Waals surface area contributed by atoms with E-state index in [2.05, 4.69) is 10.5 Å². The lowest BCUT2D eigenvalue weighted by Gasteiger charge is -2.09. The van der Waals surface area contributed by atoms with E-state index in [1.54, 1.807) is 6.07 Å². The van der Waals surface area contributed by atoms with E-state index in [1.807, 2.05) is 0 Å². The molecule has 0 unspecified atom stereocenters. The highest BCUT2D eigenvalue weighted by Crippen LogP contribution is 2.31. The third kappa shape index (κ3) is 4.26. The van der Waals surface area contributed by atoms with Crippen molar-refractivity contribution in [3.63, 3.8) is 0 Å². The molecule has 1 N–H and O–H groups in total. The Kier molecular flexibility index (Phi) is 5.46. The van der Waals surface area contributed by atoms with E-state index in [1.165, 1.54) is 37.4 Å². The van der Waals surface area contributed by atoms with E-state index in [9.17, 15) is 18.0 Å². The highest BCUT2D eigenvalue weighted by atomic mass is 35.5. The third-order valence-electron chi connectivity index (χ3n) is 3.04. The van der Waals surface area contributed by atoms with Crippen molar-refractivity contribution < 1.29 is 22.7 Å². The monoisotopic (exact) mass is 356 g/mol. The van der Waals surface area contributed by atoms with Crippen LogP contribution in [-0.4, -0.2) is 19.2 Å². The minimum absolute atomic E-state index is 0.117. The van der Waals surface area contributed by atoms with Gasteiger partial charge in [0.1, 0.15) is 5.75 Å². The van der Waals surface area contributed by atoms with Gasteiger partial charge in [0.15, 0.2) is 0 Å². The first-order chi connectivity index (χ1) is 11.3. The number of nitrogens with zero attached hydrogens (tertiary/aromatic N) is 1. The van der Waals surface area contributed by atoms with Crippen LogP contribution >= 0.6 is 11.6 Å². The van der Waals surface area contributed by atoms with Crippen molar-refractivity contribution in [1.82, 2.24) is 5.43 Å². The summed E-state index contributed by atoms with van der Waals surface area (Å²) in [6.07, 6.45) is -3.58. The molecular weight excluding hydrogens is 345 g/mol. The zero-order valence-electron chi connectivity index (χ0n) is 12.4. The maximum Gasteiger partial charge on any atom is 0.417 e. The smallest absolute Gasteiger partial charge is 0.417 e. The van der Waals surface area contributed by atoms with Crippen LogP contribution in [0, 0.1) is 0 Å². The van der Waals surface area contributed by atoms with Crippen LogP contribution in [0.2, 0.25) is 5.02 Å². The fourth-order valence-electron chi connectivity index (χ4n) is 1.95. The van der Waals surface area contributed by atoms with Crippen LogP contribution in [-0.2, 0) is 6.18 Å². The van der Waals surface area contributed by atoms with Crippen molar-refractivity contribution in [1.29, 1.82) is 0 Å². The number of amides is 1. The number of halogens is 4. The van der Waals surface area contributed by atoms with E-state index >= 15 is 0 Å². The number of ether oxygens (including phenoxy) is 1. The molecule has 0 aliphatic rings. The standard InChI is InChI=1S/C16H12ClF3N2O2/c1-24-14-7-6-11(17)8-12(14)15(23)22-21-9-10-4-2-3-5-13(10)16(18,19)20/h2-9H,1H3,(H,22,23). The average Bonchev–Trinajstić information content (AvgIpc) is 2.54. The van der Waals surface area contributed by atoms with Crippen LogP contribution in [0.15, 0.2) is 47.6 Å². The van der Waals surface area contributed by atoms with Gasteiger partial charge >= 0.3 is 6.18 Å². The molecule has 0 saturated carbocycles. The molecule has 24 heavy (non-hydrogen) atoms. The molecule has 2 aromatic carbocycles. The number of hydrogen-bond donors (Lipinski definition) is 1. The van der Waals surface area contributed by atoms with Gasteiger partial charge in [0.05, 0.1) is 24.5 Å². The van der Waals surface area contributed by atoms with Crippen LogP contribution < -0.4 is 10.2 Å². The zero-order chi connectivity index (χ0) is 17.7. The van der Waals surface area contributed by atoms with Crippen LogP contribution in [0.1, 0.15) is 21.5 Å². The Morgan fingerprint density at radius 2 is 1.96 bits per heavy atom. The second kappa shape index (κ2) is 7.35. The molecule has 0 aliphatic heterocycles. The van der Waals surface area contributed by atoms with Gasteiger partial charge in [-0.1, -0.05) is 29.8 Å². The molecule has 2 rings (SSSR count). The van der Waals surface area contributed by atoms with Gasteiger partial charge in [-0.05, 0) is 24.3 Å². The summed E-state index contributed by atoms with van der Waals surface area (Å²) < 4.78 is 43.6. The Morgan fingerprint density at radius 1 is 1.25 bits per heavy atom. The SMILES string of the molecule is COc1ccc(Cl)cc1C(=O)NN=Cc1ccccc1C(F)(F)F. The Bertz CT molecular complexity index is 776. The molecule has 0 saturated heterocycles. The molecule has 0 heterocycles. The van der Waals surface area contributed by atoms with Crippen LogP contribution in [0.5, 0.6) is 5.75 Å². The summed E-state index contributed by atoms with van der Waals surface area (Å²) >= 11 is 5.82. The van der Waals surface area contributed by atoms with Crippen LogP contribution in [0.3, 0.4) is 0 Å². The topological polar surface area (TPSA) is 50.7 Å². The summed E-state index contributed by atoms with van der Waals surface area (Å²) in [7, 11) is 1.38. The number of alkyl halides is 3. The summed E-state index contributed by atoms with van der Waals surface area (Å²) in [4.78, 5) is 12.1. The highest BCUT2D eigenvalue weighted by molar-refractivity contribution is 6.31. The molecule has 0 radical (unpaired) electrons. The maximum atomic E-state index is 12.9. The number of hydrogen-bond acceptors (Lipinski definition) is 3. The van der Waals surface area contributed by atoms with Crippen molar-refractivity contribution in [2.24, 2.45) is 5.10 Å². The predicted molar refractivity (Wildman–Crippen MR) is 84.5 cm³/mol. The number of carbonyl (C=O) groups is 1. The second-order valence-corrected chi connectivity index (χ2v) is 5.07. The fraction of sp³-hybridized carbons (Fsp3) is 0.125. The highest BCUT2D eigenvalue weighted by Gasteiger charge is 2.32. The van der Waals surface area contributed by atoms with Gasteiger partial charge in [-0.3, -0.25) is 4.79 Å². The largest absolute Gasteiger partial charge is 0.496 e. The summed E-state index contributed by atoms with van der Waals surface area (Å²) in [6, 6.07) is 9.31. The van der Waals surface area contributed by atoms with Gasteiger partial charge in [0.2, 0.25) is 0 Å². The number of hydrazone groups is 1. The van der Waals surface area contributed by atoms with Crippen molar-refractivity contribution in [2.45, 2.75) is 6.18 Å². The number of nitrogens with one attached hydrogen (secondary N) is 1. The predicted octanol–water partition coefficient (Wildman–Crippen LogP) is 4.13. The number of rotatable bonds is 4. The minimum Gasteiger partial charge on any atom is -0.496 e. The number of carbonyl (C=O) groups excluding carboxylic acids is 1. The maximum absolute atomic E-state index is 12.9. The molecule has 1 amide bonds. The lowest BCUT2D eigenvalue weighted by Crippen LogP contribution is -2.19. The first-order valence-electron chi connectivity index (χ1n) is 6.66. The Morgan fingerprint density at radius 3 is 2.62 bits per heavy atom. The van der Waals surface area contributed by atoms with Crippen molar-refractivity contribution in [2.75, 3.05) is 7.11 Å². The summed E-state index contributed by atoms with van der Waals surface area (Å²) in [6.45, 7) is 0. The van der Waals surface area contributed by atoms with Gasteiger partial charge in [0, 0.05) is 10.6 Å².